The average Bonchev–Trinajstić information content (AvgIpc) is 2.14. The Balaban J connectivity index is 2.73. The molecular weight excluding hydrogens is 194 g/mol. The van der Waals surface area contributed by atoms with Gasteiger partial charge in [0.1, 0.15) is 5.75 Å². The lowest BCUT2D eigenvalue weighted by Gasteiger charge is -2.07. The van der Waals surface area contributed by atoms with Crippen molar-refractivity contribution in [2.45, 2.75) is 25.2 Å². The second-order valence-corrected chi connectivity index (χ2v) is 4.36. The number of nitrogens with two attached hydrogens (primary N) is 1. The second kappa shape index (κ2) is 5.81. The lowest BCUT2D eigenvalue weighted by Crippen LogP contribution is -1.96. The molecule has 2 N–H and O–H groups in total. The van der Waals surface area contributed by atoms with Gasteiger partial charge in [-0.25, -0.2) is 0 Å². The average molecular weight is 211 g/mol. The molecule has 1 aromatic rings. The third kappa shape index (κ3) is 3.50. The molecule has 3 heteroatoms. The molecule has 0 atom stereocenters. The summed E-state index contributed by atoms with van der Waals surface area (Å²) in [5.74, 6) is 1.93. The summed E-state index contributed by atoms with van der Waals surface area (Å²) in [7, 11) is 0. The van der Waals surface area contributed by atoms with E-state index in [-0.39, 0.29) is 0 Å². The van der Waals surface area contributed by atoms with Gasteiger partial charge < -0.3 is 10.5 Å². The van der Waals surface area contributed by atoms with Gasteiger partial charge in [-0.15, -0.1) is 11.8 Å². The Kier molecular flexibility index (Phi) is 4.66. The van der Waals surface area contributed by atoms with Crippen LogP contribution in [0.15, 0.2) is 23.1 Å². The van der Waals surface area contributed by atoms with Crippen molar-refractivity contribution in [2.24, 2.45) is 0 Å². The van der Waals surface area contributed by atoms with E-state index >= 15 is 0 Å². The first kappa shape index (κ1) is 11.2. The van der Waals surface area contributed by atoms with Crippen molar-refractivity contribution in [3.8, 4) is 5.75 Å². The zero-order valence-corrected chi connectivity index (χ0v) is 9.56. The van der Waals surface area contributed by atoms with Crippen LogP contribution in [0.5, 0.6) is 5.75 Å². The van der Waals surface area contributed by atoms with Crippen molar-refractivity contribution in [1.82, 2.24) is 0 Å². The number of anilines is 1. The molecule has 0 bridgehead atoms. The number of nitrogen functional groups attached to an aromatic ring is 1. The fraction of sp³-hybridized carbons (Fsp3) is 0.455. The molecule has 14 heavy (non-hydrogen) atoms. The minimum atomic E-state index is 0.750. The van der Waals surface area contributed by atoms with Crippen molar-refractivity contribution in [2.75, 3.05) is 18.1 Å². The van der Waals surface area contributed by atoms with Crippen molar-refractivity contribution in [3.05, 3.63) is 18.2 Å². The monoisotopic (exact) mass is 211 g/mol. The highest BCUT2D eigenvalue weighted by Gasteiger charge is 1.99. The molecule has 0 aliphatic rings. The lowest BCUT2D eigenvalue weighted by atomic mass is 10.3. The van der Waals surface area contributed by atoms with E-state index in [2.05, 4.69) is 13.8 Å². The van der Waals surface area contributed by atoms with Gasteiger partial charge in [0.25, 0.3) is 0 Å². The van der Waals surface area contributed by atoms with Crippen LogP contribution >= 0.6 is 11.8 Å². The predicted octanol–water partition coefficient (Wildman–Crippen LogP) is 3.17. The highest BCUT2D eigenvalue weighted by Crippen LogP contribution is 2.26. The van der Waals surface area contributed by atoms with Crippen LogP contribution in [0.4, 0.5) is 5.69 Å². The number of thioether (sulfide) groups is 1. The smallest absolute Gasteiger partial charge is 0.122 e. The van der Waals surface area contributed by atoms with Crippen molar-refractivity contribution in [3.63, 3.8) is 0 Å². The maximum Gasteiger partial charge on any atom is 0.122 e. The molecule has 1 rings (SSSR count). The van der Waals surface area contributed by atoms with E-state index in [1.807, 2.05) is 18.2 Å². The molecule has 0 unspecified atom stereocenters. The molecule has 0 fully saturated rings. The van der Waals surface area contributed by atoms with Crippen LogP contribution < -0.4 is 10.5 Å². The first-order valence-electron chi connectivity index (χ1n) is 4.92. The van der Waals surface area contributed by atoms with Crippen LogP contribution in [0.3, 0.4) is 0 Å². The molecule has 0 amide bonds. The molecule has 0 aliphatic carbocycles. The standard InChI is InChI=1S/C11H17NOS/c1-3-5-13-10-6-9(12)7-11(8-10)14-4-2/h6-8H,3-5,12H2,1-2H3. The third-order valence-corrected chi connectivity index (χ3v) is 2.54. The van der Waals surface area contributed by atoms with Gasteiger partial charge in [-0.2, -0.15) is 0 Å². The van der Waals surface area contributed by atoms with Gasteiger partial charge in [0, 0.05) is 16.6 Å². The van der Waals surface area contributed by atoms with Crippen LogP contribution in [-0.2, 0) is 0 Å². The van der Waals surface area contributed by atoms with Gasteiger partial charge >= 0.3 is 0 Å². The quantitative estimate of drug-likeness (QED) is 0.600. The van der Waals surface area contributed by atoms with Crippen LogP contribution in [0, 0.1) is 0 Å². The minimum Gasteiger partial charge on any atom is -0.493 e. The minimum absolute atomic E-state index is 0.750. The summed E-state index contributed by atoms with van der Waals surface area (Å²) in [6.45, 7) is 4.97. The number of ether oxygens (including phenoxy) is 1. The van der Waals surface area contributed by atoms with Gasteiger partial charge in [-0.3, -0.25) is 0 Å². The molecule has 0 aromatic heterocycles. The summed E-state index contributed by atoms with van der Waals surface area (Å²) in [6, 6.07) is 5.89. The van der Waals surface area contributed by atoms with E-state index in [0.717, 1.165) is 30.2 Å². The van der Waals surface area contributed by atoms with E-state index in [9.17, 15) is 0 Å². The largest absolute Gasteiger partial charge is 0.493 e. The number of hydrogen-bond acceptors (Lipinski definition) is 3. The zero-order chi connectivity index (χ0) is 10.4. The number of hydrogen-bond donors (Lipinski definition) is 1. The summed E-state index contributed by atoms with van der Waals surface area (Å²) in [5, 5.41) is 0. The Morgan fingerprint density at radius 1 is 1.29 bits per heavy atom. The molecule has 2 nitrogen and oxygen atoms in total. The summed E-state index contributed by atoms with van der Waals surface area (Å²) < 4.78 is 5.53. The van der Waals surface area contributed by atoms with E-state index in [1.54, 1.807) is 11.8 Å². The van der Waals surface area contributed by atoms with Gasteiger partial charge in [-0.1, -0.05) is 13.8 Å². The highest BCUT2D eigenvalue weighted by molar-refractivity contribution is 7.99. The Hall–Kier alpha value is -0.830. The Morgan fingerprint density at radius 2 is 2.07 bits per heavy atom. The van der Waals surface area contributed by atoms with Crippen LogP contribution in [-0.4, -0.2) is 12.4 Å². The molecule has 1 aromatic carbocycles. The normalized spacial score (nSPS) is 10.1. The molecule has 0 spiro atoms. The molecule has 0 saturated heterocycles. The topological polar surface area (TPSA) is 35.2 Å². The van der Waals surface area contributed by atoms with Crippen molar-refractivity contribution in [1.29, 1.82) is 0 Å². The Labute approximate surface area is 89.8 Å². The second-order valence-electron chi connectivity index (χ2n) is 3.02. The highest BCUT2D eigenvalue weighted by atomic mass is 32.2. The van der Waals surface area contributed by atoms with Gasteiger partial charge in [-0.05, 0) is 24.3 Å². The summed E-state index contributed by atoms with van der Waals surface area (Å²) >= 11 is 1.78. The van der Waals surface area contributed by atoms with E-state index in [0.29, 0.717) is 0 Å². The molecular formula is C11H17NOS. The lowest BCUT2D eigenvalue weighted by molar-refractivity contribution is 0.317. The SMILES string of the molecule is CCCOc1cc(N)cc(SCC)c1. The van der Waals surface area contributed by atoms with Gasteiger partial charge in [0.2, 0.25) is 0 Å². The van der Waals surface area contributed by atoms with Crippen molar-refractivity contribution >= 4 is 17.4 Å². The molecule has 0 saturated carbocycles. The maximum atomic E-state index is 5.77. The molecule has 0 radical (unpaired) electrons. The molecule has 0 heterocycles. The van der Waals surface area contributed by atoms with Crippen molar-refractivity contribution < 1.29 is 4.74 Å². The van der Waals surface area contributed by atoms with Crippen LogP contribution in [0.25, 0.3) is 0 Å². The first-order chi connectivity index (χ1) is 6.76. The Bertz CT molecular complexity index is 289. The summed E-state index contributed by atoms with van der Waals surface area (Å²) in [4.78, 5) is 1.18. The first-order valence-corrected chi connectivity index (χ1v) is 5.91. The zero-order valence-electron chi connectivity index (χ0n) is 8.75. The van der Waals surface area contributed by atoms with Crippen LogP contribution in [0.1, 0.15) is 20.3 Å². The summed E-state index contributed by atoms with van der Waals surface area (Å²) in [6.07, 6.45) is 1.02. The Morgan fingerprint density at radius 3 is 2.71 bits per heavy atom. The van der Waals surface area contributed by atoms with E-state index in [1.165, 1.54) is 4.90 Å². The van der Waals surface area contributed by atoms with Gasteiger partial charge in [0.05, 0.1) is 6.61 Å². The predicted molar refractivity (Wildman–Crippen MR) is 63.0 cm³/mol. The molecule has 78 valence electrons. The third-order valence-electron chi connectivity index (χ3n) is 1.69. The van der Waals surface area contributed by atoms with Gasteiger partial charge in [0.15, 0.2) is 0 Å². The van der Waals surface area contributed by atoms with Crippen LogP contribution in [0.2, 0.25) is 0 Å². The van der Waals surface area contributed by atoms with E-state index in [4.69, 9.17) is 10.5 Å². The summed E-state index contributed by atoms with van der Waals surface area (Å²) in [5.41, 5.74) is 6.54. The van der Waals surface area contributed by atoms with E-state index < -0.39 is 0 Å². The number of rotatable bonds is 5. The number of benzene rings is 1. The molecule has 0 aliphatic heterocycles. The fourth-order valence-corrected chi connectivity index (χ4v) is 1.90. The fourth-order valence-electron chi connectivity index (χ4n) is 1.15. The maximum absolute atomic E-state index is 5.77.